The standard InChI is InChI=1S/C72H128O6/c1-4-7-10-13-16-19-22-25-28-30-31-32-33-34-35-36-37-38-39-40-41-42-45-47-50-53-56-59-62-65-71(74)77-68-69(67-76-70(73)64-61-58-55-52-49-46-43-27-24-21-18-15-12-9-6-3)78-72(75)66-63-60-57-54-51-48-44-29-26-23-20-17-14-11-8-5-2/h18,20-23,25,27,29-31,43-44,69H,4-17,19,24,26,28,32-42,45-68H2,1-3H3/b21-18-,23-20-,25-22-,31-30-,43-27-,44-29-. The van der Waals surface area contributed by atoms with Crippen LogP contribution >= 0.6 is 0 Å². The zero-order chi connectivity index (χ0) is 56.4. The van der Waals surface area contributed by atoms with Crippen molar-refractivity contribution in [1.29, 1.82) is 0 Å². The molecule has 78 heavy (non-hydrogen) atoms. The molecular weight excluding hydrogens is 961 g/mol. The molecule has 0 aromatic heterocycles. The minimum absolute atomic E-state index is 0.0832. The Bertz CT molecular complexity index is 1440. The van der Waals surface area contributed by atoms with Crippen LogP contribution in [0, 0.1) is 0 Å². The third kappa shape index (κ3) is 63.7. The van der Waals surface area contributed by atoms with E-state index in [1.165, 1.54) is 199 Å². The van der Waals surface area contributed by atoms with Gasteiger partial charge in [-0.15, -0.1) is 0 Å². The van der Waals surface area contributed by atoms with Gasteiger partial charge in [-0.25, -0.2) is 0 Å². The summed E-state index contributed by atoms with van der Waals surface area (Å²) in [5.41, 5.74) is 0. The minimum atomic E-state index is -0.789. The summed E-state index contributed by atoms with van der Waals surface area (Å²) in [4.78, 5) is 38.3. The van der Waals surface area contributed by atoms with E-state index in [1.54, 1.807) is 0 Å². The summed E-state index contributed by atoms with van der Waals surface area (Å²) in [5, 5.41) is 0. The van der Waals surface area contributed by atoms with Crippen molar-refractivity contribution in [2.75, 3.05) is 13.2 Å². The molecule has 6 nitrogen and oxygen atoms in total. The first-order valence-electron chi connectivity index (χ1n) is 33.9. The topological polar surface area (TPSA) is 78.9 Å². The molecule has 1 unspecified atom stereocenters. The van der Waals surface area contributed by atoms with Gasteiger partial charge in [0.1, 0.15) is 13.2 Å². The molecule has 6 heteroatoms. The molecule has 0 aromatic rings. The van der Waals surface area contributed by atoms with Crippen molar-refractivity contribution in [3.05, 3.63) is 72.9 Å². The number of ether oxygens (including phenoxy) is 3. The van der Waals surface area contributed by atoms with Gasteiger partial charge in [0.05, 0.1) is 0 Å². The zero-order valence-corrected chi connectivity index (χ0v) is 51.9. The quantitative estimate of drug-likeness (QED) is 0.0261. The van der Waals surface area contributed by atoms with E-state index in [-0.39, 0.29) is 31.1 Å². The minimum Gasteiger partial charge on any atom is -0.462 e. The number of unbranched alkanes of at least 4 members (excludes halogenated alkanes) is 39. The number of hydrogen-bond donors (Lipinski definition) is 0. The molecule has 0 saturated heterocycles. The van der Waals surface area contributed by atoms with Crippen LogP contribution in [-0.4, -0.2) is 37.2 Å². The third-order valence-electron chi connectivity index (χ3n) is 14.9. The van der Waals surface area contributed by atoms with Crippen LogP contribution in [0.5, 0.6) is 0 Å². The van der Waals surface area contributed by atoms with E-state index in [0.717, 1.165) is 109 Å². The third-order valence-corrected chi connectivity index (χ3v) is 14.9. The SMILES string of the molecule is CCCCC/C=C\C/C=C\CCCCCCCC(=O)OCC(COC(=O)CCCCCCCCCCCCCCCCCCC/C=C\C/C=C\CCCCCCC)OC(=O)CCCCCCC/C=C\C/C=C\CCCCCC. The second-order valence-corrected chi connectivity index (χ2v) is 22.7. The Morgan fingerprint density at radius 2 is 0.462 bits per heavy atom. The monoisotopic (exact) mass is 1090 g/mol. The first-order valence-corrected chi connectivity index (χ1v) is 33.9. The second kappa shape index (κ2) is 66.4. The Morgan fingerprint density at radius 3 is 0.744 bits per heavy atom. The fourth-order valence-electron chi connectivity index (χ4n) is 9.77. The van der Waals surface area contributed by atoms with Crippen molar-refractivity contribution in [1.82, 2.24) is 0 Å². The largest absolute Gasteiger partial charge is 0.462 e. The first-order chi connectivity index (χ1) is 38.5. The maximum atomic E-state index is 12.9. The summed E-state index contributed by atoms with van der Waals surface area (Å²) in [6.45, 7) is 6.60. The van der Waals surface area contributed by atoms with Gasteiger partial charge >= 0.3 is 17.9 Å². The summed E-state index contributed by atoms with van der Waals surface area (Å²) in [7, 11) is 0. The second-order valence-electron chi connectivity index (χ2n) is 22.7. The summed E-state index contributed by atoms with van der Waals surface area (Å²) < 4.78 is 16.9. The van der Waals surface area contributed by atoms with E-state index in [2.05, 4.69) is 93.7 Å². The van der Waals surface area contributed by atoms with Crippen LogP contribution < -0.4 is 0 Å². The molecule has 1 atom stereocenters. The molecule has 0 rings (SSSR count). The zero-order valence-electron chi connectivity index (χ0n) is 51.9. The molecule has 0 saturated carbocycles. The van der Waals surface area contributed by atoms with Gasteiger partial charge in [0.25, 0.3) is 0 Å². The normalized spacial score (nSPS) is 12.5. The maximum Gasteiger partial charge on any atom is 0.306 e. The van der Waals surface area contributed by atoms with Gasteiger partial charge in [0.15, 0.2) is 6.10 Å². The molecule has 0 aromatic carbocycles. The molecule has 0 fully saturated rings. The maximum absolute atomic E-state index is 12.9. The number of esters is 3. The summed E-state index contributed by atoms with van der Waals surface area (Å²) in [6.07, 6.45) is 86.4. The molecule has 0 amide bonds. The van der Waals surface area contributed by atoms with Crippen LogP contribution in [0.3, 0.4) is 0 Å². The lowest BCUT2D eigenvalue weighted by atomic mass is 10.0. The Morgan fingerprint density at radius 1 is 0.256 bits per heavy atom. The summed E-state index contributed by atoms with van der Waals surface area (Å²) >= 11 is 0. The Balaban J connectivity index is 4.25. The van der Waals surface area contributed by atoms with Crippen LogP contribution in [0.25, 0.3) is 0 Å². The van der Waals surface area contributed by atoms with Crippen molar-refractivity contribution in [3.8, 4) is 0 Å². The molecule has 0 bridgehead atoms. The van der Waals surface area contributed by atoms with Crippen LogP contribution in [0.2, 0.25) is 0 Å². The van der Waals surface area contributed by atoms with Gasteiger partial charge in [-0.05, 0) is 116 Å². The predicted molar refractivity (Wildman–Crippen MR) is 339 cm³/mol. The molecular formula is C72H128O6. The average Bonchev–Trinajstić information content (AvgIpc) is 3.44. The fourth-order valence-corrected chi connectivity index (χ4v) is 9.77. The van der Waals surface area contributed by atoms with Gasteiger partial charge in [0.2, 0.25) is 0 Å². The van der Waals surface area contributed by atoms with Crippen molar-refractivity contribution in [2.45, 2.75) is 354 Å². The highest BCUT2D eigenvalue weighted by atomic mass is 16.6. The lowest BCUT2D eigenvalue weighted by Gasteiger charge is -2.18. The van der Waals surface area contributed by atoms with Gasteiger partial charge < -0.3 is 14.2 Å². The van der Waals surface area contributed by atoms with Gasteiger partial charge in [-0.1, -0.05) is 286 Å². The van der Waals surface area contributed by atoms with Crippen molar-refractivity contribution in [2.24, 2.45) is 0 Å². The lowest BCUT2D eigenvalue weighted by molar-refractivity contribution is -0.167. The van der Waals surface area contributed by atoms with Crippen LogP contribution in [0.4, 0.5) is 0 Å². The van der Waals surface area contributed by atoms with Crippen molar-refractivity contribution in [3.63, 3.8) is 0 Å². The van der Waals surface area contributed by atoms with E-state index in [9.17, 15) is 14.4 Å². The highest BCUT2D eigenvalue weighted by molar-refractivity contribution is 5.71. The Hall–Kier alpha value is -3.15. The molecule has 0 spiro atoms. The number of carbonyl (C=O) groups excluding carboxylic acids is 3. The molecule has 0 radical (unpaired) electrons. The molecule has 0 aliphatic rings. The van der Waals surface area contributed by atoms with Crippen molar-refractivity contribution >= 4 is 17.9 Å². The first kappa shape index (κ1) is 74.8. The van der Waals surface area contributed by atoms with Crippen LogP contribution in [-0.2, 0) is 28.6 Å². The molecule has 0 heterocycles. The van der Waals surface area contributed by atoms with Crippen LogP contribution in [0.1, 0.15) is 348 Å². The molecule has 452 valence electrons. The smallest absolute Gasteiger partial charge is 0.306 e. The van der Waals surface area contributed by atoms with Gasteiger partial charge in [0, 0.05) is 19.3 Å². The molecule has 0 aliphatic carbocycles. The highest BCUT2D eigenvalue weighted by Crippen LogP contribution is 2.17. The number of rotatable bonds is 62. The van der Waals surface area contributed by atoms with E-state index in [0.29, 0.717) is 19.3 Å². The lowest BCUT2D eigenvalue weighted by Crippen LogP contribution is -2.30. The van der Waals surface area contributed by atoms with E-state index in [1.807, 2.05) is 0 Å². The van der Waals surface area contributed by atoms with E-state index < -0.39 is 6.10 Å². The predicted octanol–water partition coefficient (Wildman–Crippen LogP) is 23.3. The van der Waals surface area contributed by atoms with Crippen LogP contribution in [0.15, 0.2) is 72.9 Å². The molecule has 0 N–H and O–H groups in total. The average molecular weight is 1090 g/mol. The van der Waals surface area contributed by atoms with Gasteiger partial charge in [-0.3, -0.25) is 14.4 Å². The fraction of sp³-hybridized carbons (Fsp3) is 0.792. The van der Waals surface area contributed by atoms with E-state index >= 15 is 0 Å². The van der Waals surface area contributed by atoms with Crippen molar-refractivity contribution < 1.29 is 28.6 Å². The summed E-state index contributed by atoms with van der Waals surface area (Å²) in [5.74, 6) is -0.895. The number of allylic oxidation sites excluding steroid dienone is 12. The number of carbonyl (C=O) groups is 3. The van der Waals surface area contributed by atoms with Gasteiger partial charge in [-0.2, -0.15) is 0 Å². The van der Waals surface area contributed by atoms with E-state index in [4.69, 9.17) is 14.2 Å². The Labute approximate surface area is 484 Å². The summed E-state index contributed by atoms with van der Waals surface area (Å²) in [6, 6.07) is 0. The molecule has 0 aliphatic heterocycles. The Kier molecular flexibility index (Phi) is 63.7. The number of hydrogen-bond acceptors (Lipinski definition) is 6. The highest BCUT2D eigenvalue weighted by Gasteiger charge is 2.19.